The number of ether oxygens (including phenoxy) is 1. The van der Waals surface area contributed by atoms with E-state index in [1.165, 1.54) is 6.20 Å². The van der Waals surface area contributed by atoms with Gasteiger partial charge < -0.3 is 31.1 Å². The van der Waals surface area contributed by atoms with Crippen molar-refractivity contribution in [3.05, 3.63) is 188 Å². The standard InChI is InChI=1S/C60H65N9O11S2/c1-59(2)45-15-5-7-17-48(45)68(31-9-10-33-81(74,75)76)50(59)29-23-39-13-11-14-40(24-30-51-60(3,4)46-16-6-8-18-49(46)69(51)32-12-34-82(77,78)79)53(39)80-44-27-19-38(20-28-44)35-47(57(72)73)65-55(70)41-21-25-42(26-22-41)62-36-43-37-63-54-52(64-43)56(71)67-58(61)66-54/h5-8,15-30,37,47H,9-14,31-36H2,1-4H3,(H7-,61,62,63,65,66,67,70,71,72,73,74,75,76,77,78,79)/p+1/t47-/m0/s1/i19+1,20+1,27+1,28+1,35+1,38+1,44+1,47+1,57+1. The lowest BCUT2D eigenvalue weighted by molar-refractivity contribution is -0.437. The van der Waals surface area contributed by atoms with Crippen molar-refractivity contribution in [1.29, 1.82) is 0 Å². The molecule has 0 unspecified atom stereocenters. The maximum atomic E-state index is 13.5. The maximum absolute atomic E-state index is 13.5. The van der Waals surface area contributed by atoms with E-state index in [1.807, 2.05) is 30.3 Å². The molecule has 0 fully saturated rings. The van der Waals surface area contributed by atoms with Gasteiger partial charge in [0.2, 0.25) is 11.6 Å². The minimum absolute atomic E-state index is 0.0316. The van der Waals surface area contributed by atoms with Crippen LogP contribution >= 0.6 is 0 Å². The van der Waals surface area contributed by atoms with E-state index < -0.39 is 54.5 Å². The van der Waals surface area contributed by atoms with Crippen molar-refractivity contribution in [3.63, 3.8) is 0 Å². The number of carboxylic acids is 1. The summed E-state index contributed by atoms with van der Waals surface area (Å²) in [6.07, 6.45) is 12.9. The van der Waals surface area contributed by atoms with Crippen molar-refractivity contribution in [2.24, 2.45) is 0 Å². The zero-order chi connectivity index (χ0) is 58.6. The number of hydrogen-bond donors (Lipinski definition) is 7. The predicted molar refractivity (Wildman–Crippen MR) is 315 cm³/mol. The van der Waals surface area contributed by atoms with Crippen LogP contribution in [0.4, 0.5) is 23.0 Å². The summed E-state index contributed by atoms with van der Waals surface area (Å²) in [7, 11) is -8.30. The predicted octanol–water partition coefficient (Wildman–Crippen LogP) is 8.34. The molecule has 1 amide bonds. The first kappa shape index (κ1) is 58.3. The minimum Gasteiger partial charge on any atom is -0.480 e. The Morgan fingerprint density at radius 3 is 2.26 bits per heavy atom. The van der Waals surface area contributed by atoms with Crippen LogP contribution in [0.5, 0.6) is 5.75 Å². The second-order valence-electron chi connectivity index (χ2n) is 21.6. The number of carbonyl (C=O) groups is 2. The number of nitrogens with one attached hydrogen (secondary N) is 3. The number of nitrogens with zero attached hydrogens (tertiary/aromatic N) is 5. The summed E-state index contributed by atoms with van der Waals surface area (Å²) in [6.45, 7) is 9.63. The average molecular weight is 1160 g/mol. The average Bonchev–Trinajstić information content (AvgIpc) is 2.66. The number of nitrogen functional groups attached to an aromatic ring is 1. The number of fused-ring (bicyclic) bond motifs is 3. The third-order valence-corrected chi connectivity index (χ3v) is 16.7. The Balaban J connectivity index is 0.973. The van der Waals surface area contributed by atoms with Gasteiger partial charge >= 0.3 is 5.97 Å². The van der Waals surface area contributed by atoms with Crippen molar-refractivity contribution in [1.82, 2.24) is 25.3 Å². The number of benzene rings is 4. The summed E-state index contributed by atoms with van der Waals surface area (Å²) >= 11 is 0. The zero-order valence-electron chi connectivity index (χ0n) is 45.9. The van der Waals surface area contributed by atoms with E-state index >= 15 is 0 Å². The highest BCUT2D eigenvalue weighted by Gasteiger charge is 2.44. The molecule has 2 aromatic heterocycles. The van der Waals surface area contributed by atoms with Crippen molar-refractivity contribution in [2.75, 3.05) is 40.5 Å². The Morgan fingerprint density at radius 2 is 1.54 bits per heavy atom. The van der Waals surface area contributed by atoms with Gasteiger partial charge in [-0.25, -0.2) is 14.8 Å². The molecule has 0 spiro atoms. The Kier molecular flexibility index (Phi) is 17.1. The van der Waals surface area contributed by atoms with Crippen molar-refractivity contribution in [3.8, 4) is 5.75 Å². The van der Waals surface area contributed by atoms with Crippen LogP contribution in [0.15, 0.2) is 155 Å². The van der Waals surface area contributed by atoms with Gasteiger partial charge in [0.15, 0.2) is 16.9 Å². The van der Waals surface area contributed by atoms with Gasteiger partial charge in [-0.1, -0.05) is 68.5 Å². The number of carboxylic acid groups (broad SMARTS) is 1. The van der Waals surface area contributed by atoms with Gasteiger partial charge in [-0.05, 0) is 123 Å². The molecule has 0 saturated carbocycles. The Morgan fingerprint density at radius 1 is 0.841 bits per heavy atom. The smallest absolute Gasteiger partial charge is 0.326 e. The molecular formula is C60H66N9O11S2+. The number of aromatic amines is 1. The van der Waals surface area contributed by atoms with Gasteiger partial charge in [0.1, 0.15) is 24.1 Å². The van der Waals surface area contributed by atoms with E-state index in [1.54, 1.807) is 48.5 Å². The molecule has 0 saturated heterocycles. The molecule has 1 atom stereocenters. The molecule has 22 heteroatoms. The summed E-state index contributed by atoms with van der Waals surface area (Å²) < 4.78 is 75.0. The van der Waals surface area contributed by atoms with Crippen molar-refractivity contribution >= 4 is 72.0 Å². The van der Waals surface area contributed by atoms with E-state index in [4.69, 9.17) is 10.5 Å². The summed E-state index contributed by atoms with van der Waals surface area (Å²) in [4.78, 5) is 55.5. The van der Waals surface area contributed by atoms with Crippen LogP contribution in [0.25, 0.3) is 11.2 Å². The second kappa shape index (κ2) is 24.0. The highest BCUT2D eigenvalue weighted by molar-refractivity contribution is 7.86. The highest BCUT2D eigenvalue weighted by Crippen LogP contribution is 2.48. The van der Waals surface area contributed by atoms with Gasteiger partial charge in [0.05, 0.1) is 35.4 Å². The number of rotatable bonds is 22. The quantitative estimate of drug-likeness (QED) is 0.0145. The minimum atomic E-state index is -4.18. The highest BCUT2D eigenvalue weighted by atomic mass is 32.2. The molecule has 1 aliphatic carbocycles. The van der Waals surface area contributed by atoms with Crippen LogP contribution in [0.1, 0.15) is 99.0 Å². The fraction of sp³-hybridized carbons (Fsp3) is 0.317. The first-order chi connectivity index (χ1) is 38.9. The number of carbonyl (C=O) groups excluding carboxylic acids is 1. The first-order valence-electron chi connectivity index (χ1n) is 27.0. The number of hydrogen-bond acceptors (Lipinski definition) is 14. The maximum Gasteiger partial charge on any atom is 0.326 e. The summed E-state index contributed by atoms with van der Waals surface area (Å²) in [5.41, 5.74) is 14.3. The molecule has 8 N–H and O–H groups in total. The molecule has 2 aliphatic heterocycles. The largest absolute Gasteiger partial charge is 0.480 e. The van der Waals surface area contributed by atoms with Gasteiger partial charge in [0, 0.05) is 65.1 Å². The lowest BCUT2D eigenvalue weighted by Crippen LogP contribution is -2.42. The molecular weight excluding hydrogens is 1100 g/mol. The Hall–Kier alpha value is -8.31. The molecule has 0 bridgehead atoms. The van der Waals surface area contributed by atoms with E-state index in [-0.39, 0.29) is 60.0 Å². The topological polar surface area (TPSA) is 300 Å². The van der Waals surface area contributed by atoms with E-state index in [9.17, 15) is 45.4 Å². The number of para-hydroxylation sites is 2. The van der Waals surface area contributed by atoms with E-state index in [2.05, 4.69) is 110 Å². The number of H-pyrrole nitrogens is 1. The molecule has 0 radical (unpaired) electrons. The summed E-state index contributed by atoms with van der Waals surface area (Å²) in [5, 5.41) is 16.1. The van der Waals surface area contributed by atoms with Crippen LogP contribution in [0, 0.1) is 0 Å². The van der Waals surface area contributed by atoms with Crippen LogP contribution in [-0.4, -0.2) is 104 Å². The molecule has 6 aromatic rings. The Labute approximate surface area is 475 Å². The number of nitrogens with two attached hydrogens (primary N) is 1. The van der Waals surface area contributed by atoms with Crippen molar-refractivity contribution in [2.45, 2.75) is 96.1 Å². The van der Waals surface area contributed by atoms with Crippen LogP contribution < -0.4 is 31.6 Å². The normalized spacial score (nSPS) is 17.2. The van der Waals surface area contributed by atoms with E-state index in [0.29, 0.717) is 60.8 Å². The van der Waals surface area contributed by atoms with Crippen LogP contribution in [0.2, 0.25) is 0 Å². The molecule has 9 rings (SSSR count). The molecule has 3 aliphatic rings. The number of anilines is 3. The second-order valence-corrected chi connectivity index (χ2v) is 24.8. The third-order valence-electron chi connectivity index (χ3n) is 15.1. The molecule has 428 valence electrons. The summed E-state index contributed by atoms with van der Waals surface area (Å²) in [6, 6.07) is 28.4. The van der Waals surface area contributed by atoms with E-state index in [0.717, 1.165) is 51.5 Å². The Bertz CT molecular complexity index is 3910. The van der Waals surface area contributed by atoms with Gasteiger partial charge in [-0.2, -0.15) is 26.4 Å². The summed E-state index contributed by atoms with van der Waals surface area (Å²) in [5.74, 6) is -1.47. The SMILES string of the molecule is CC1(C)C(/C=C/C2=C(O[13c]3[13cH][13cH][13c]([13CH2][13C@H](NC(=O)c4ccc(NCc5cnc6nc(N)[nH]c(=O)c6n5)cc4)[13C](=O)O)[13cH][13cH]3)C(=C/C=C3/N(CCCCS(=O)(=O)O)c4ccccc4C3(C)C)/CCC2)=[N+](CCCS(=O)(=O)O)c2ccccc21. The van der Waals surface area contributed by atoms with Crippen LogP contribution in [0.3, 0.4) is 0 Å². The van der Waals surface area contributed by atoms with Gasteiger partial charge in [0.25, 0.3) is 31.7 Å². The number of aromatic nitrogens is 4. The molecule has 82 heavy (non-hydrogen) atoms. The molecule has 20 nitrogen and oxygen atoms in total. The number of unbranched alkanes of at least 4 members (excludes halogenated alkanes) is 1. The fourth-order valence-electron chi connectivity index (χ4n) is 10.9. The molecule has 4 aromatic carbocycles. The lowest BCUT2D eigenvalue weighted by atomic mass is 9.81. The number of aliphatic carboxylic acids is 1. The monoisotopic (exact) mass is 1160 g/mol. The molecule has 4 heterocycles. The van der Waals surface area contributed by atoms with Crippen molar-refractivity contribution < 1.29 is 49.9 Å². The van der Waals surface area contributed by atoms with Gasteiger partial charge in [-0.15, -0.1) is 0 Å². The lowest BCUT2D eigenvalue weighted by Gasteiger charge is -2.27. The number of amides is 1. The fourth-order valence-corrected chi connectivity index (χ4v) is 12.0. The third kappa shape index (κ3) is 13.5. The first-order valence-corrected chi connectivity index (χ1v) is 30.2. The zero-order valence-corrected chi connectivity index (χ0v) is 47.6. The van der Waals surface area contributed by atoms with Crippen LogP contribution in [-0.2, 0) is 48.8 Å². The van der Waals surface area contributed by atoms with Gasteiger partial charge in [-0.3, -0.25) is 23.7 Å². The number of allylic oxidation sites excluding steroid dienone is 7.